The van der Waals surface area contributed by atoms with Gasteiger partial charge in [-0.15, -0.1) is 0 Å². The van der Waals surface area contributed by atoms with E-state index in [9.17, 15) is 31.9 Å². The fourth-order valence-electron chi connectivity index (χ4n) is 3.08. The number of benzene rings is 2. The Morgan fingerprint density at radius 3 is 2.33 bits per heavy atom. The third kappa shape index (κ3) is 6.86. The lowest BCUT2D eigenvalue weighted by Gasteiger charge is -2.26. The molecule has 0 bridgehead atoms. The van der Waals surface area contributed by atoms with E-state index in [1.165, 1.54) is 35.2 Å². The van der Waals surface area contributed by atoms with Gasteiger partial charge in [-0.05, 0) is 35.9 Å². The molecular formula is C22H19F4N3O4. The van der Waals surface area contributed by atoms with Crippen molar-refractivity contribution in [2.24, 2.45) is 5.16 Å². The summed E-state index contributed by atoms with van der Waals surface area (Å²) in [6, 6.07) is 9.35. The topological polar surface area (TPSA) is 88.1 Å². The standard InChI is InChI=1S/C22H19F4N3O4/c23-16-6-4-14(5-7-16)12-19(30)33-28-17-8-10-29(11-9-17)21(32)20(31)27-18-3-1-2-15(13-18)22(24,25)26/h1-7,13H,8-12H2,(H,27,31). The van der Waals surface area contributed by atoms with Gasteiger partial charge in [0.2, 0.25) is 0 Å². The zero-order valence-corrected chi connectivity index (χ0v) is 17.2. The number of hydrogen-bond acceptors (Lipinski definition) is 5. The summed E-state index contributed by atoms with van der Waals surface area (Å²) in [4.78, 5) is 42.4. The number of alkyl halides is 3. The maximum Gasteiger partial charge on any atom is 0.416 e. The summed E-state index contributed by atoms with van der Waals surface area (Å²) in [6.07, 6.45) is -4.15. The number of carbonyl (C=O) groups is 3. The van der Waals surface area contributed by atoms with Crippen LogP contribution in [0, 0.1) is 5.82 Å². The number of rotatable bonds is 4. The average molecular weight is 465 g/mol. The van der Waals surface area contributed by atoms with Crippen LogP contribution < -0.4 is 5.32 Å². The van der Waals surface area contributed by atoms with Crippen LogP contribution in [-0.4, -0.2) is 41.5 Å². The van der Waals surface area contributed by atoms with Crippen LogP contribution in [0.25, 0.3) is 0 Å². The third-order valence-corrected chi connectivity index (χ3v) is 4.81. The number of oxime groups is 1. The summed E-state index contributed by atoms with van der Waals surface area (Å²) < 4.78 is 51.2. The van der Waals surface area contributed by atoms with Crippen molar-refractivity contribution in [3.8, 4) is 0 Å². The van der Waals surface area contributed by atoms with Crippen molar-refractivity contribution >= 4 is 29.2 Å². The first-order valence-corrected chi connectivity index (χ1v) is 9.89. The highest BCUT2D eigenvalue weighted by Gasteiger charge is 2.31. The van der Waals surface area contributed by atoms with Crippen LogP contribution in [0.5, 0.6) is 0 Å². The second-order valence-electron chi connectivity index (χ2n) is 7.25. The second-order valence-corrected chi connectivity index (χ2v) is 7.25. The number of likely N-dealkylation sites (tertiary alicyclic amines) is 1. The number of anilines is 1. The van der Waals surface area contributed by atoms with Crippen LogP contribution in [0.4, 0.5) is 23.2 Å². The Hall–Kier alpha value is -3.76. The molecule has 11 heteroatoms. The molecule has 2 amide bonds. The molecule has 1 fully saturated rings. The molecule has 2 aromatic carbocycles. The van der Waals surface area contributed by atoms with E-state index in [4.69, 9.17) is 4.84 Å². The molecule has 0 unspecified atom stereocenters. The lowest BCUT2D eigenvalue weighted by molar-refractivity contribution is -0.143. The molecule has 33 heavy (non-hydrogen) atoms. The minimum Gasteiger partial charge on any atom is -0.334 e. The van der Waals surface area contributed by atoms with E-state index in [0.717, 1.165) is 18.2 Å². The first-order chi connectivity index (χ1) is 15.6. The number of hydrogen-bond donors (Lipinski definition) is 1. The number of carbonyl (C=O) groups excluding carboxylic acids is 3. The Kier molecular flexibility index (Phi) is 7.41. The van der Waals surface area contributed by atoms with Crippen LogP contribution >= 0.6 is 0 Å². The SMILES string of the molecule is O=C(Cc1ccc(F)cc1)ON=C1CCN(C(=O)C(=O)Nc2cccc(C(F)(F)F)c2)CC1. The Labute approximate surface area is 186 Å². The molecule has 0 aromatic heterocycles. The van der Waals surface area contributed by atoms with Gasteiger partial charge in [0.15, 0.2) is 0 Å². The van der Waals surface area contributed by atoms with Crippen LogP contribution in [0.1, 0.15) is 24.0 Å². The highest BCUT2D eigenvalue weighted by atomic mass is 19.4. The molecule has 1 heterocycles. The van der Waals surface area contributed by atoms with Gasteiger partial charge in [-0.2, -0.15) is 13.2 Å². The molecule has 1 aliphatic heterocycles. The Bertz CT molecular complexity index is 1060. The van der Waals surface area contributed by atoms with Crippen molar-refractivity contribution < 1.29 is 36.8 Å². The van der Waals surface area contributed by atoms with Gasteiger partial charge in [0.1, 0.15) is 5.82 Å². The smallest absolute Gasteiger partial charge is 0.334 e. The first kappa shape index (κ1) is 23.9. The number of nitrogens with one attached hydrogen (secondary N) is 1. The minimum atomic E-state index is -4.57. The van der Waals surface area contributed by atoms with E-state index in [0.29, 0.717) is 11.3 Å². The number of amides is 2. The van der Waals surface area contributed by atoms with Crippen molar-refractivity contribution in [2.45, 2.75) is 25.4 Å². The molecule has 0 saturated carbocycles. The molecule has 1 aliphatic rings. The molecule has 0 atom stereocenters. The normalized spacial score (nSPS) is 13.9. The zero-order chi connectivity index (χ0) is 24.0. The lowest BCUT2D eigenvalue weighted by Crippen LogP contribution is -2.44. The fraction of sp³-hybridized carbons (Fsp3) is 0.273. The predicted octanol–water partition coefficient (Wildman–Crippen LogP) is 3.55. The fourth-order valence-corrected chi connectivity index (χ4v) is 3.08. The van der Waals surface area contributed by atoms with Crippen molar-refractivity contribution in [3.63, 3.8) is 0 Å². The molecule has 1 N–H and O–H groups in total. The van der Waals surface area contributed by atoms with Crippen molar-refractivity contribution in [3.05, 3.63) is 65.5 Å². The van der Waals surface area contributed by atoms with Crippen molar-refractivity contribution in [1.29, 1.82) is 0 Å². The van der Waals surface area contributed by atoms with Crippen LogP contribution in [0.3, 0.4) is 0 Å². The highest BCUT2D eigenvalue weighted by molar-refractivity contribution is 6.39. The van der Waals surface area contributed by atoms with Gasteiger partial charge in [-0.25, -0.2) is 9.18 Å². The quantitative estimate of drug-likeness (QED) is 0.324. The monoisotopic (exact) mass is 465 g/mol. The summed E-state index contributed by atoms with van der Waals surface area (Å²) in [7, 11) is 0. The van der Waals surface area contributed by atoms with Crippen LogP contribution in [0.15, 0.2) is 53.7 Å². The molecule has 174 valence electrons. The molecule has 0 radical (unpaired) electrons. The summed E-state index contributed by atoms with van der Waals surface area (Å²) >= 11 is 0. The van der Waals surface area contributed by atoms with Crippen molar-refractivity contribution in [1.82, 2.24) is 4.90 Å². The summed E-state index contributed by atoms with van der Waals surface area (Å²) in [5.74, 6) is -2.99. The van der Waals surface area contributed by atoms with E-state index < -0.39 is 35.3 Å². The zero-order valence-electron chi connectivity index (χ0n) is 17.2. The third-order valence-electron chi connectivity index (χ3n) is 4.81. The van der Waals surface area contributed by atoms with E-state index >= 15 is 0 Å². The van der Waals surface area contributed by atoms with E-state index in [2.05, 4.69) is 10.5 Å². The van der Waals surface area contributed by atoms with Crippen molar-refractivity contribution in [2.75, 3.05) is 18.4 Å². The Morgan fingerprint density at radius 2 is 1.70 bits per heavy atom. The summed E-state index contributed by atoms with van der Waals surface area (Å²) in [6.45, 7) is 0.256. The average Bonchev–Trinajstić information content (AvgIpc) is 2.79. The Morgan fingerprint density at radius 1 is 1.03 bits per heavy atom. The van der Waals surface area contributed by atoms with Gasteiger partial charge in [0.25, 0.3) is 0 Å². The van der Waals surface area contributed by atoms with Crippen LogP contribution in [-0.2, 0) is 31.8 Å². The first-order valence-electron chi connectivity index (χ1n) is 9.89. The van der Waals surface area contributed by atoms with Gasteiger partial charge < -0.3 is 15.1 Å². The molecule has 2 aromatic rings. The van der Waals surface area contributed by atoms with Gasteiger partial charge in [0, 0.05) is 31.6 Å². The largest absolute Gasteiger partial charge is 0.416 e. The number of nitrogens with zero attached hydrogens (tertiary/aromatic N) is 2. The molecular weight excluding hydrogens is 446 g/mol. The highest BCUT2D eigenvalue weighted by Crippen LogP contribution is 2.30. The number of piperidine rings is 1. The molecule has 0 spiro atoms. The maximum atomic E-state index is 12.9. The molecule has 0 aliphatic carbocycles. The van der Waals surface area contributed by atoms with E-state index in [1.54, 1.807) is 0 Å². The van der Waals surface area contributed by atoms with Crippen LogP contribution in [0.2, 0.25) is 0 Å². The molecule has 1 saturated heterocycles. The summed E-state index contributed by atoms with van der Waals surface area (Å²) in [5, 5.41) is 5.96. The number of halogens is 4. The predicted molar refractivity (Wildman–Crippen MR) is 110 cm³/mol. The lowest BCUT2D eigenvalue weighted by atomic mass is 10.1. The van der Waals surface area contributed by atoms with E-state index in [1.807, 2.05) is 0 Å². The van der Waals surface area contributed by atoms with Gasteiger partial charge >= 0.3 is 24.0 Å². The van der Waals surface area contributed by atoms with Gasteiger partial charge in [-0.1, -0.05) is 23.4 Å². The second kappa shape index (κ2) is 10.2. The van der Waals surface area contributed by atoms with Gasteiger partial charge in [0.05, 0.1) is 17.7 Å². The molecule has 3 rings (SSSR count). The van der Waals surface area contributed by atoms with E-state index in [-0.39, 0.29) is 38.0 Å². The summed E-state index contributed by atoms with van der Waals surface area (Å²) in [5.41, 5.74) is -0.00496. The minimum absolute atomic E-state index is 0.0859. The Balaban J connectivity index is 1.47. The molecule has 7 nitrogen and oxygen atoms in total. The van der Waals surface area contributed by atoms with Gasteiger partial charge in [-0.3, -0.25) is 9.59 Å². The maximum absolute atomic E-state index is 12.9.